The van der Waals surface area contributed by atoms with Crippen LogP contribution in [0.15, 0.2) is 30.3 Å². The SMILES string of the molecule is C[C@@]1(O)CCN(CC2CCCC2)[C@@H](c2ccccc2)[C@@H]1NC(=O)C1CC1. The van der Waals surface area contributed by atoms with Gasteiger partial charge in [-0.3, -0.25) is 9.69 Å². The van der Waals surface area contributed by atoms with Crippen molar-refractivity contribution in [3.05, 3.63) is 35.9 Å². The maximum absolute atomic E-state index is 12.5. The lowest BCUT2D eigenvalue weighted by atomic mass is 9.79. The van der Waals surface area contributed by atoms with E-state index in [1.807, 2.05) is 13.0 Å². The molecule has 26 heavy (non-hydrogen) atoms. The van der Waals surface area contributed by atoms with E-state index in [0.29, 0.717) is 6.42 Å². The number of carbonyl (C=O) groups is 1. The molecule has 3 aliphatic rings. The topological polar surface area (TPSA) is 52.6 Å². The molecule has 0 bridgehead atoms. The molecule has 142 valence electrons. The van der Waals surface area contributed by atoms with E-state index < -0.39 is 5.60 Å². The molecule has 3 fully saturated rings. The van der Waals surface area contributed by atoms with Crippen LogP contribution in [0.4, 0.5) is 0 Å². The summed E-state index contributed by atoms with van der Waals surface area (Å²) in [6.45, 7) is 3.86. The van der Waals surface area contributed by atoms with Crippen molar-refractivity contribution < 1.29 is 9.90 Å². The quantitative estimate of drug-likeness (QED) is 0.851. The van der Waals surface area contributed by atoms with Crippen molar-refractivity contribution in [3.8, 4) is 0 Å². The molecule has 4 nitrogen and oxygen atoms in total. The third kappa shape index (κ3) is 3.81. The van der Waals surface area contributed by atoms with Crippen LogP contribution in [-0.4, -0.2) is 40.6 Å². The predicted molar refractivity (Wildman–Crippen MR) is 103 cm³/mol. The summed E-state index contributed by atoms with van der Waals surface area (Å²) in [7, 11) is 0. The number of nitrogens with zero attached hydrogens (tertiary/aromatic N) is 1. The molecule has 1 aromatic rings. The van der Waals surface area contributed by atoms with Crippen LogP contribution < -0.4 is 5.32 Å². The molecular weight excluding hydrogens is 324 g/mol. The molecule has 1 heterocycles. The minimum absolute atomic E-state index is 0.0447. The molecule has 4 rings (SSSR count). The molecule has 1 amide bonds. The van der Waals surface area contributed by atoms with E-state index in [1.54, 1.807) is 0 Å². The van der Waals surface area contributed by atoms with Crippen molar-refractivity contribution in [3.63, 3.8) is 0 Å². The van der Waals surface area contributed by atoms with Gasteiger partial charge in [-0.05, 0) is 50.5 Å². The van der Waals surface area contributed by atoms with Crippen LogP contribution in [0.2, 0.25) is 0 Å². The first-order valence-corrected chi connectivity index (χ1v) is 10.4. The number of nitrogens with one attached hydrogen (secondary N) is 1. The van der Waals surface area contributed by atoms with Crippen molar-refractivity contribution in [1.82, 2.24) is 10.2 Å². The Hall–Kier alpha value is -1.39. The maximum Gasteiger partial charge on any atom is 0.223 e. The Morgan fingerprint density at radius 1 is 1.19 bits per heavy atom. The average molecular weight is 357 g/mol. The highest BCUT2D eigenvalue weighted by Gasteiger charge is 2.47. The minimum atomic E-state index is -0.878. The van der Waals surface area contributed by atoms with Crippen LogP contribution in [0, 0.1) is 11.8 Å². The largest absolute Gasteiger partial charge is 0.388 e. The third-order valence-corrected chi connectivity index (χ3v) is 6.64. The van der Waals surface area contributed by atoms with Gasteiger partial charge in [-0.15, -0.1) is 0 Å². The highest BCUT2D eigenvalue weighted by atomic mass is 16.3. The van der Waals surface area contributed by atoms with Gasteiger partial charge in [0.25, 0.3) is 0 Å². The van der Waals surface area contributed by atoms with Crippen LogP contribution in [0.3, 0.4) is 0 Å². The van der Waals surface area contributed by atoms with Crippen LogP contribution in [0.25, 0.3) is 0 Å². The summed E-state index contributed by atoms with van der Waals surface area (Å²) >= 11 is 0. The zero-order chi connectivity index (χ0) is 18.1. The van der Waals surface area contributed by atoms with Gasteiger partial charge in [-0.2, -0.15) is 0 Å². The normalized spacial score (nSPS) is 33.3. The monoisotopic (exact) mass is 356 g/mol. The van der Waals surface area contributed by atoms with Crippen molar-refractivity contribution in [2.75, 3.05) is 13.1 Å². The fourth-order valence-corrected chi connectivity index (χ4v) is 4.85. The molecule has 2 aliphatic carbocycles. The summed E-state index contributed by atoms with van der Waals surface area (Å²) in [6, 6.07) is 10.2. The number of hydrogen-bond donors (Lipinski definition) is 2. The lowest BCUT2D eigenvalue weighted by Gasteiger charge is -2.50. The van der Waals surface area contributed by atoms with Gasteiger partial charge in [-0.25, -0.2) is 0 Å². The van der Waals surface area contributed by atoms with Gasteiger partial charge >= 0.3 is 0 Å². The molecule has 4 heteroatoms. The minimum Gasteiger partial charge on any atom is -0.388 e. The molecule has 0 aromatic heterocycles. The third-order valence-electron chi connectivity index (χ3n) is 6.64. The number of amides is 1. The van der Waals surface area contributed by atoms with E-state index in [-0.39, 0.29) is 23.9 Å². The number of rotatable bonds is 5. The van der Waals surface area contributed by atoms with E-state index in [4.69, 9.17) is 0 Å². The summed E-state index contributed by atoms with van der Waals surface area (Å²) < 4.78 is 0. The second-order valence-electron chi connectivity index (χ2n) is 8.87. The standard InChI is InChI=1S/C22H32N2O2/c1-22(26)13-14-24(15-16-7-5-6-8-16)19(17-9-3-2-4-10-17)20(22)23-21(25)18-11-12-18/h2-4,9-10,16,18-20,26H,5-8,11-15H2,1H3,(H,23,25)/t19-,20-,22+/m0/s1. The molecule has 0 radical (unpaired) electrons. The van der Waals surface area contributed by atoms with Gasteiger partial charge in [-0.1, -0.05) is 43.2 Å². The van der Waals surface area contributed by atoms with E-state index in [2.05, 4.69) is 34.5 Å². The fraction of sp³-hybridized carbons (Fsp3) is 0.682. The van der Waals surface area contributed by atoms with Crippen molar-refractivity contribution in [1.29, 1.82) is 0 Å². The number of benzene rings is 1. The van der Waals surface area contributed by atoms with Crippen LogP contribution in [0.1, 0.15) is 63.5 Å². The van der Waals surface area contributed by atoms with E-state index >= 15 is 0 Å². The summed E-state index contributed by atoms with van der Waals surface area (Å²) in [4.78, 5) is 15.1. The van der Waals surface area contributed by atoms with Crippen molar-refractivity contribution in [2.24, 2.45) is 11.8 Å². The summed E-state index contributed by atoms with van der Waals surface area (Å²) in [5, 5.41) is 14.4. The van der Waals surface area contributed by atoms with Gasteiger partial charge in [0.1, 0.15) is 0 Å². The summed E-state index contributed by atoms with van der Waals surface area (Å²) in [5.41, 5.74) is 0.323. The second kappa shape index (κ2) is 7.32. The Bertz CT molecular complexity index is 620. The van der Waals surface area contributed by atoms with Gasteiger partial charge in [0.15, 0.2) is 0 Å². The van der Waals surface area contributed by atoms with Crippen LogP contribution >= 0.6 is 0 Å². The van der Waals surface area contributed by atoms with E-state index in [0.717, 1.165) is 31.8 Å². The predicted octanol–water partition coefficient (Wildman–Crippen LogP) is 3.27. The Labute approximate surface area is 157 Å². The van der Waals surface area contributed by atoms with E-state index in [1.165, 1.54) is 31.2 Å². The number of aliphatic hydroxyl groups is 1. The number of carbonyl (C=O) groups excluding carboxylic acids is 1. The Balaban J connectivity index is 1.62. The van der Waals surface area contributed by atoms with Crippen molar-refractivity contribution in [2.45, 2.75) is 69.6 Å². The zero-order valence-electron chi connectivity index (χ0n) is 15.9. The van der Waals surface area contributed by atoms with Gasteiger partial charge in [0.05, 0.1) is 17.7 Å². The summed E-state index contributed by atoms with van der Waals surface area (Å²) in [6.07, 6.45) is 7.99. The Kier molecular flexibility index (Phi) is 5.07. The number of likely N-dealkylation sites (tertiary alicyclic amines) is 1. The molecule has 2 N–H and O–H groups in total. The molecule has 1 aliphatic heterocycles. The summed E-state index contributed by atoms with van der Waals surface area (Å²) in [5.74, 6) is 1.04. The molecule has 0 unspecified atom stereocenters. The Morgan fingerprint density at radius 3 is 2.54 bits per heavy atom. The van der Waals surface area contributed by atoms with Gasteiger partial charge in [0, 0.05) is 19.0 Å². The smallest absolute Gasteiger partial charge is 0.223 e. The van der Waals surface area contributed by atoms with Crippen LogP contribution in [0.5, 0.6) is 0 Å². The van der Waals surface area contributed by atoms with Gasteiger partial charge < -0.3 is 10.4 Å². The molecule has 2 saturated carbocycles. The highest BCUT2D eigenvalue weighted by Crippen LogP contribution is 2.40. The Morgan fingerprint density at radius 2 is 1.88 bits per heavy atom. The van der Waals surface area contributed by atoms with E-state index in [9.17, 15) is 9.90 Å². The highest BCUT2D eigenvalue weighted by molar-refractivity contribution is 5.81. The molecular formula is C22H32N2O2. The van der Waals surface area contributed by atoms with Gasteiger partial charge in [0.2, 0.25) is 5.91 Å². The number of piperidine rings is 1. The average Bonchev–Trinajstić information content (AvgIpc) is 3.36. The fourth-order valence-electron chi connectivity index (χ4n) is 4.85. The zero-order valence-corrected chi connectivity index (χ0v) is 15.9. The molecule has 3 atom stereocenters. The first-order chi connectivity index (χ1) is 12.5. The second-order valence-corrected chi connectivity index (χ2v) is 8.87. The molecule has 1 aromatic carbocycles. The molecule has 1 saturated heterocycles. The first-order valence-electron chi connectivity index (χ1n) is 10.4. The lowest BCUT2D eigenvalue weighted by molar-refractivity contribution is -0.130. The van der Waals surface area contributed by atoms with Crippen molar-refractivity contribution >= 4 is 5.91 Å². The molecule has 0 spiro atoms. The maximum atomic E-state index is 12.5. The number of hydrogen-bond acceptors (Lipinski definition) is 3. The first kappa shape index (κ1) is 18.0. The van der Waals surface area contributed by atoms with Crippen LogP contribution in [-0.2, 0) is 4.79 Å². The lowest BCUT2D eigenvalue weighted by Crippen LogP contribution is -2.63.